The van der Waals surface area contributed by atoms with Crippen LogP contribution in [0.5, 0.6) is 0 Å². The van der Waals surface area contributed by atoms with Crippen molar-refractivity contribution < 1.29 is 8.78 Å². The van der Waals surface area contributed by atoms with Crippen LogP contribution in [0.15, 0.2) is 12.1 Å². The molecule has 2 aromatic rings. The zero-order valence-electron chi connectivity index (χ0n) is 8.80. The van der Waals surface area contributed by atoms with Crippen LogP contribution in [0.4, 0.5) is 8.78 Å². The van der Waals surface area contributed by atoms with Crippen molar-refractivity contribution in [3.05, 3.63) is 29.6 Å². The molecule has 1 aromatic carbocycles. The number of aromatic nitrogens is 2. The number of aryl methyl sites for hydroxylation is 2. The molecule has 1 aromatic heterocycles. The Morgan fingerprint density at radius 3 is 2.75 bits per heavy atom. The lowest BCUT2D eigenvalue weighted by molar-refractivity contribution is 0.511. The summed E-state index contributed by atoms with van der Waals surface area (Å²) in [4.78, 5) is 4.25. The molecule has 0 radical (unpaired) electrons. The van der Waals surface area contributed by atoms with Gasteiger partial charge in [0.25, 0.3) is 0 Å². The molecule has 0 bridgehead atoms. The molecule has 1 heterocycles. The van der Waals surface area contributed by atoms with Crippen LogP contribution in [0.1, 0.15) is 12.7 Å². The van der Waals surface area contributed by atoms with E-state index >= 15 is 0 Å². The molecule has 0 aliphatic heterocycles. The fourth-order valence-corrected chi connectivity index (χ4v) is 1.99. The topological polar surface area (TPSA) is 17.8 Å². The standard InChI is InChI=1S/C11H11ClF2N2/c1-2-16-9(5-6-12)15-8-4-3-7(13)10(14)11(8)16/h3-4H,2,5-6H2,1H3. The lowest BCUT2D eigenvalue weighted by Crippen LogP contribution is -2.03. The van der Waals surface area contributed by atoms with Crippen molar-refractivity contribution in [1.29, 1.82) is 0 Å². The number of benzene rings is 1. The van der Waals surface area contributed by atoms with Gasteiger partial charge < -0.3 is 4.57 Å². The summed E-state index contributed by atoms with van der Waals surface area (Å²) in [5.41, 5.74) is 0.698. The second kappa shape index (κ2) is 4.37. The third kappa shape index (κ3) is 1.67. The number of nitrogens with zero attached hydrogens (tertiary/aromatic N) is 2. The van der Waals surface area contributed by atoms with Crippen molar-refractivity contribution >= 4 is 22.6 Å². The molecular weight excluding hydrogens is 234 g/mol. The van der Waals surface area contributed by atoms with E-state index < -0.39 is 11.6 Å². The Morgan fingerprint density at radius 1 is 1.38 bits per heavy atom. The number of imidazole rings is 1. The summed E-state index contributed by atoms with van der Waals surface area (Å²) in [6.07, 6.45) is 0.547. The number of rotatable bonds is 3. The number of fused-ring (bicyclic) bond motifs is 1. The minimum absolute atomic E-state index is 0.225. The molecule has 5 heteroatoms. The van der Waals surface area contributed by atoms with Crippen molar-refractivity contribution in [1.82, 2.24) is 9.55 Å². The zero-order valence-corrected chi connectivity index (χ0v) is 9.56. The maximum atomic E-state index is 13.6. The smallest absolute Gasteiger partial charge is 0.184 e. The maximum absolute atomic E-state index is 13.6. The molecule has 0 unspecified atom stereocenters. The maximum Gasteiger partial charge on any atom is 0.184 e. The minimum Gasteiger partial charge on any atom is -0.326 e. The van der Waals surface area contributed by atoms with Gasteiger partial charge in [0.2, 0.25) is 0 Å². The highest BCUT2D eigenvalue weighted by molar-refractivity contribution is 6.17. The minimum atomic E-state index is -0.848. The predicted octanol–water partition coefficient (Wildman–Crippen LogP) is 3.12. The van der Waals surface area contributed by atoms with Crippen LogP contribution < -0.4 is 0 Å². The monoisotopic (exact) mass is 244 g/mol. The van der Waals surface area contributed by atoms with Gasteiger partial charge in [0.1, 0.15) is 11.3 Å². The SMILES string of the molecule is CCn1c(CCCl)nc2ccc(F)c(F)c21. The van der Waals surface area contributed by atoms with E-state index in [1.165, 1.54) is 6.07 Å². The van der Waals surface area contributed by atoms with Gasteiger partial charge in [-0.05, 0) is 19.1 Å². The fraction of sp³-hybridized carbons (Fsp3) is 0.364. The highest BCUT2D eigenvalue weighted by Gasteiger charge is 2.15. The number of hydrogen-bond acceptors (Lipinski definition) is 1. The molecule has 0 saturated carbocycles. The second-order valence-corrected chi connectivity index (χ2v) is 3.82. The van der Waals surface area contributed by atoms with Gasteiger partial charge in [-0.1, -0.05) is 0 Å². The van der Waals surface area contributed by atoms with Crippen molar-refractivity contribution in [3.63, 3.8) is 0 Å². The molecule has 0 aliphatic carbocycles. The Balaban J connectivity index is 2.73. The van der Waals surface area contributed by atoms with Crippen molar-refractivity contribution in [2.45, 2.75) is 19.9 Å². The summed E-state index contributed by atoms with van der Waals surface area (Å²) >= 11 is 5.64. The van der Waals surface area contributed by atoms with Gasteiger partial charge in [-0.15, -0.1) is 11.6 Å². The van der Waals surface area contributed by atoms with E-state index in [9.17, 15) is 8.78 Å². The molecule has 16 heavy (non-hydrogen) atoms. The largest absolute Gasteiger partial charge is 0.326 e. The third-order valence-corrected chi connectivity index (χ3v) is 2.70. The molecule has 0 amide bonds. The molecule has 2 rings (SSSR count). The first kappa shape index (κ1) is 11.3. The van der Waals surface area contributed by atoms with Crippen molar-refractivity contribution in [3.8, 4) is 0 Å². The number of hydrogen-bond donors (Lipinski definition) is 0. The van der Waals surface area contributed by atoms with Gasteiger partial charge in [0, 0.05) is 18.8 Å². The first-order chi connectivity index (χ1) is 7.69. The summed E-state index contributed by atoms with van der Waals surface area (Å²) in [7, 11) is 0. The van der Waals surface area contributed by atoms with Crippen molar-refractivity contribution in [2.24, 2.45) is 0 Å². The van der Waals surface area contributed by atoms with Crippen LogP contribution in [0, 0.1) is 11.6 Å². The summed E-state index contributed by atoms with van der Waals surface area (Å²) in [6, 6.07) is 2.58. The summed E-state index contributed by atoms with van der Waals surface area (Å²) in [5, 5.41) is 0. The van der Waals surface area contributed by atoms with Gasteiger partial charge in [-0.25, -0.2) is 13.8 Å². The van der Waals surface area contributed by atoms with Gasteiger partial charge in [-0.2, -0.15) is 0 Å². The molecule has 0 N–H and O–H groups in total. The molecule has 2 nitrogen and oxygen atoms in total. The predicted molar refractivity (Wildman–Crippen MR) is 59.7 cm³/mol. The van der Waals surface area contributed by atoms with Crippen LogP contribution >= 0.6 is 11.6 Å². The van der Waals surface area contributed by atoms with E-state index in [1.54, 1.807) is 4.57 Å². The first-order valence-electron chi connectivity index (χ1n) is 5.08. The highest BCUT2D eigenvalue weighted by atomic mass is 35.5. The Hall–Kier alpha value is -1.16. The van der Waals surface area contributed by atoms with E-state index in [0.29, 0.717) is 30.2 Å². The number of halogens is 3. The molecule has 0 atom stereocenters. The normalized spacial score (nSPS) is 11.2. The summed E-state index contributed by atoms with van der Waals surface area (Å²) < 4.78 is 28.4. The van der Waals surface area contributed by atoms with Gasteiger partial charge in [0.05, 0.1) is 5.52 Å². The molecule has 0 spiro atoms. The van der Waals surface area contributed by atoms with E-state index in [1.807, 2.05) is 6.92 Å². The quantitative estimate of drug-likeness (QED) is 0.759. The molecule has 0 fully saturated rings. The van der Waals surface area contributed by atoms with Crippen LogP contribution in [0.2, 0.25) is 0 Å². The van der Waals surface area contributed by atoms with E-state index in [4.69, 9.17) is 11.6 Å². The Kier molecular flexibility index (Phi) is 3.10. The average molecular weight is 245 g/mol. The Bertz CT molecular complexity index is 522. The average Bonchev–Trinajstić information content (AvgIpc) is 2.62. The number of alkyl halides is 1. The lowest BCUT2D eigenvalue weighted by Gasteiger charge is -2.04. The molecule has 0 aliphatic rings. The summed E-state index contributed by atoms with van der Waals surface area (Å²) in [5.74, 6) is -0.586. The third-order valence-electron chi connectivity index (χ3n) is 2.51. The van der Waals surface area contributed by atoms with Crippen LogP contribution in [0.25, 0.3) is 11.0 Å². The zero-order chi connectivity index (χ0) is 11.7. The van der Waals surface area contributed by atoms with Crippen molar-refractivity contribution in [2.75, 3.05) is 5.88 Å². The molecule has 0 saturated heterocycles. The van der Waals surface area contributed by atoms with E-state index in [0.717, 1.165) is 6.07 Å². The van der Waals surface area contributed by atoms with E-state index in [2.05, 4.69) is 4.98 Å². The van der Waals surface area contributed by atoms with Crippen LogP contribution in [0.3, 0.4) is 0 Å². The Labute approximate surface area is 96.8 Å². The highest BCUT2D eigenvalue weighted by Crippen LogP contribution is 2.22. The second-order valence-electron chi connectivity index (χ2n) is 3.44. The van der Waals surface area contributed by atoms with Crippen LogP contribution in [-0.2, 0) is 13.0 Å². The fourth-order valence-electron chi connectivity index (χ4n) is 1.82. The van der Waals surface area contributed by atoms with E-state index in [-0.39, 0.29) is 5.52 Å². The summed E-state index contributed by atoms with van der Waals surface area (Å²) in [6.45, 7) is 2.41. The van der Waals surface area contributed by atoms with Gasteiger partial charge in [-0.3, -0.25) is 0 Å². The lowest BCUT2D eigenvalue weighted by atomic mass is 10.3. The molecule has 86 valence electrons. The van der Waals surface area contributed by atoms with Gasteiger partial charge >= 0.3 is 0 Å². The first-order valence-corrected chi connectivity index (χ1v) is 5.61. The molecular formula is C11H11ClF2N2. The Morgan fingerprint density at radius 2 is 2.12 bits per heavy atom. The van der Waals surface area contributed by atoms with Gasteiger partial charge in [0.15, 0.2) is 11.6 Å². The van der Waals surface area contributed by atoms with Crippen LogP contribution in [-0.4, -0.2) is 15.4 Å².